The van der Waals surface area contributed by atoms with Crippen molar-refractivity contribution in [3.8, 4) is 5.75 Å². The molecule has 1 fully saturated rings. The molecule has 1 aliphatic rings. The lowest BCUT2D eigenvalue weighted by atomic mass is 10.2. The molecular weight excluding hydrogens is 352 g/mol. The fourth-order valence-corrected chi connectivity index (χ4v) is 3.56. The number of ether oxygens (including phenoxy) is 1. The molecule has 2 aromatic heterocycles. The second-order valence-electron chi connectivity index (χ2n) is 7.67. The van der Waals surface area contributed by atoms with E-state index >= 15 is 0 Å². The predicted octanol–water partition coefficient (Wildman–Crippen LogP) is 3.45. The molecule has 150 valence electrons. The van der Waals surface area contributed by atoms with Crippen molar-refractivity contribution in [2.45, 2.75) is 46.7 Å². The normalized spacial score (nSPS) is 16.8. The first-order valence-electron chi connectivity index (χ1n) is 10.0. The number of hydrogen-bond acceptors (Lipinski definition) is 6. The van der Waals surface area contributed by atoms with Gasteiger partial charge in [0, 0.05) is 44.3 Å². The SMILES string of the molecule is CCN(Cc1cccnc1)[C@@H]1CCN(c2nccc(C)c2OC(=O)C(C)C)C1. The molecule has 28 heavy (non-hydrogen) atoms. The van der Waals surface area contributed by atoms with Gasteiger partial charge in [-0.3, -0.25) is 14.7 Å². The molecule has 3 rings (SSSR count). The smallest absolute Gasteiger partial charge is 0.313 e. The lowest BCUT2D eigenvalue weighted by Crippen LogP contribution is -2.37. The quantitative estimate of drug-likeness (QED) is 0.684. The first-order chi connectivity index (χ1) is 13.5. The molecule has 0 radical (unpaired) electrons. The number of likely N-dealkylation sites (N-methyl/N-ethyl adjacent to an activating group) is 1. The van der Waals surface area contributed by atoms with Crippen LogP contribution >= 0.6 is 0 Å². The van der Waals surface area contributed by atoms with E-state index in [4.69, 9.17) is 4.74 Å². The van der Waals surface area contributed by atoms with Crippen LogP contribution in [0.1, 0.15) is 38.3 Å². The summed E-state index contributed by atoms with van der Waals surface area (Å²) in [6, 6.07) is 6.42. The summed E-state index contributed by atoms with van der Waals surface area (Å²) in [5.41, 5.74) is 2.16. The van der Waals surface area contributed by atoms with Crippen LogP contribution in [0.4, 0.5) is 5.82 Å². The van der Waals surface area contributed by atoms with Crippen LogP contribution in [0.25, 0.3) is 0 Å². The van der Waals surface area contributed by atoms with E-state index in [0.717, 1.165) is 44.0 Å². The number of carbonyl (C=O) groups is 1. The lowest BCUT2D eigenvalue weighted by molar-refractivity contribution is -0.137. The third-order valence-electron chi connectivity index (χ3n) is 5.25. The van der Waals surface area contributed by atoms with Crippen LogP contribution in [0.5, 0.6) is 5.75 Å². The van der Waals surface area contributed by atoms with Gasteiger partial charge in [-0.2, -0.15) is 0 Å². The number of anilines is 1. The zero-order chi connectivity index (χ0) is 20.1. The van der Waals surface area contributed by atoms with Gasteiger partial charge in [-0.15, -0.1) is 0 Å². The van der Waals surface area contributed by atoms with E-state index in [1.807, 2.05) is 39.1 Å². The summed E-state index contributed by atoms with van der Waals surface area (Å²) in [6.07, 6.45) is 6.58. The largest absolute Gasteiger partial charge is 0.422 e. The highest BCUT2D eigenvalue weighted by atomic mass is 16.5. The second kappa shape index (κ2) is 9.15. The number of rotatable bonds is 7. The minimum Gasteiger partial charge on any atom is -0.422 e. The van der Waals surface area contributed by atoms with Gasteiger partial charge in [-0.1, -0.05) is 26.8 Å². The van der Waals surface area contributed by atoms with Crippen LogP contribution in [0, 0.1) is 12.8 Å². The van der Waals surface area contributed by atoms with Crippen molar-refractivity contribution in [3.63, 3.8) is 0 Å². The Morgan fingerprint density at radius 1 is 1.36 bits per heavy atom. The van der Waals surface area contributed by atoms with Crippen LogP contribution < -0.4 is 9.64 Å². The zero-order valence-corrected chi connectivity index (χ0v) is 17.3. The van der Waals surface area contributed by atoms with Crippen LogP contribution in [-0.4, -0.2) is 46.5 Å². The molecule has 0 aromatic carbocycles. The molecule has 1 aliphatic heterocycles. The van der Waals surface area contributed by atoms with Gasteiger partial charge in [0.15, 0.2) is 11.6 Å². The number of pyridine rings is 2. The predicted molar refractivity (Wildman–Crippen MR) is 110 cm³/mol. The number of aryl methyl sites for hydroxylation is 1. The van der Waals surface area contributed by atoms with E-state index in [1.54, 1.807) is 12.4 Å². The molecular formula is C22H30N4O2. The molecule has 1 saturated heterocycles. The molecule has 2 aromatic rings. The Hall–Kier alpha value is -2.47. The molecule has 0 spiro atoms. The number of esters is 1. The number of hydrogen-bond donors (Lipinski definition) is 0. The molecule has 0 unspecified atom stereocenters. The van der Waals surface area contributed by atoms with Gasteiger partial charge in [-0.05, 0) is 43.1 Å². The Kier molecular flexibility index (Phi) is 6.62. The first-order valence-corrected chi connectivity index (χ1v) is 10.0. The highest BCUT2D eigenvalue weighted by molar-refractivity contribution is 5.77. The molecule has 1 atom stereocenters. The molecule has 0 N–H and O–H groups in total. The van der Waals surface area contributed by atoms with Crippen molar-refractivity contribution in [1.29, 1.82) is 0 Å². The van der Waals surface area contributed by atoms with E-state index in [9.17, 15) is 4.79 Å². The zero-order valence-electron chi connectivity index (χ0n) is 17.3. The van der Waals surface area contributed by atoms with Crippen LogP contribution in [0.15, 0.2) is 36.8 Å². The Morgan fingerprint density at radius 2 is 2.18 bits per heavy atom. The average molecular weight is 383 g/mol. The molecule has 0 amide bonds. The fourth-order valence-electron chi connectivity index (χ4n) is 3.56. The standard InChI is InChI=1S/C22H30N4O2/c1-5-25(14-18-7-6-10-23-13-18)19-9-12-26(15-19)21-20(17(4)8-11-24-21)28-22(27)16(2)3/h6-8,10-11,13,16,19H,5,9,12,14-15H2,1-4H3/t19-/m1/s1. The van der Waals surface area contributed by atoms with Gasteiger partial charge in [-0.25, -0.2) is 4.98 Å². The summed E-state index contributed by atoms with van der Waals surface area (Å²) >= 11 is 0. The molecule has 6 nitrogen and oxygen atoms in total. The summed E-state index contributed by atoms with van der Waals surface area (Å²) in [7, 11) is 0. The molecule has 6 heteroatoms. The summed E-state index contributed by atoms with van der Waals surface area (Å²) < 4.78 is 5.70. The van der Waals surface area contributed by atoms with Gasteiger partial charge in [0.2, 0.25) is 0 Å². The Labute approximate surface area is 167 Å². The summed E-state index contributed by atoms with van der Waals surface area (Å²) in [5, 5.41) is 0. The minimum atomic E-state index is -0.222. The van der Waals surface area contributed by atoms with Crippen molar-refractivity contribution < 1.29 is 9.53 Å². The molecule has 0 bridgehead atoms. The second-order valence-corrected chi connectivity index (χ2v) is 7.67. The van der Waals surface area contributed by atoms with E-state index < -0.39 is 0 Å². The van der Waals surface area contributed by atoms with Crippen LogP contribution in [0.2, 0.25) is 0 Å². The molecule has 0 saturated carbocycles. The average Bonchev–Trinajstić information content (AvgIpc) is 3.18. The monoisotopic (exact) mass is 382 g/mol. The van der Waals surface area contributed by atoms with Crippen LogP contribution in [0.3, 0.4) is 0 Å². The van der Waals surface area contributed by atoms with E-state index in [1.165, 1.54) is 5.56 Å². The highest BCUT2D eigenvalue weighted by Crippen LogP contribution is 2.33. The fraction of sp³-hybridized carbons (Fsp3) is 0.500. The summed E-state index contributed by atoms with van der Waals surface area (Å²) in [4.78, 5) is 25.7. The Bertz CT molecular complexity index is 794. The number of aromatic nitrogens is 2. The summed E-state index contributed by atoms with van der Waals surface area (Å²) in [5.74, 6) is 0.972. The topological polar surface area (TPSA) is 58.6 Å². The van der Waals surface area contributed by atoms with Crippen molar-refractivity contribution >= 4 is 11.8 Å². The van der Waals surface area contributed by atoms with Crippen molar-refractivity contribution in [1.82, 2.24) is 14.9 Å². The maximum atomic E-state index is 12.2. The van der Waals surface area contributed by atoms with Crippen molar-refractivity contribution in [3.05, 3.63) is 47.9 Å². The van der Waals surface area contributed by atoms with Crippen molar-refractivity contribution in [2.24, 2.45) is 5.92 Å². The maximum absolute atomic E-state index is 12.2. The van der Waals surface area contributed by atoms with E-state index in [-0.39, 0.29) is 11.9 Å². The van der Waals surface area contributed by atoms with Crippen molar-refractivity contribution in [2.75, 3.05) is 24.5 Å². The van der Waals surface area contributed by atoms with Crippen LogP contribution in [-0.2, 0) is 11.3 Å². The Morgan fingerprint density at radius 3 is 2.86 bits per heavy atom. The third-order valence-corrected chi connectivity index (χ3v) is 5.25. The number of carbonyl (C=O) groups excluding carboxylic acids is 1. The maximum Gasteiger partial charge on any atom is 0.313 e. The molecule has 3 heterocycles. The van der Waals surface area contributed by atoms with Gasteiger partial charge in [0.25, 0.3) is 0 Å². The van der Waals surface area contributed by atoms with E-state index in [2.05, 4.69) is 32.8 Å². The van der Waals surface area contributed by atoms with E-state index in [0.29, 0.717) is 11.8 Å². The lowest BCUT2D eigenvalue weighted by Gasteiger charge is -2.28. The molecule has 0 aliphatic carbocycles. The third kappa shape index (κ3) is 4.68. The van der Waals surface area contributed by atoms with Gasteiger partial charge in [0.05, 0.1) is 5.92 Å². The first kappa shape index (κ1) is 20.3. The van der Waals surface area contributed by atoms with Gasteiger partial charge < -0.3 is 9.64 Å². The Balaban J connectivity index is 1.74. The number of nitrogens with zero attached hydrogens (tertiary/aromatic N) is 4. The van der Waals surface area contributed by atoms with Gasteiger partial charge >= 0.3 is 5.97 Å². The highest BCUT2D eigenvalue weighted by Gasteiger charge is 2.30. The summed E-state index contributed by atoms with van der Waals surface area (Å²) in [6.45, 7) is 11.5. The minimum absolute atomic E-state index is 0.172. The van der Waals surface area contributed by atoms with Gasteiger partial charge in [0.1, 0.15) is 0 Å².